The number of unbranched alkanes of at least 4 members (excludes halogenated alkanes) is 2. The summed E-state index contributed by atoms with van der Waals surface area (Å²) in [7, 11) is 0. The Bertz CT molecular complexity index is 349. The van der Waals surface area contributed by atoms with Crippen LogP contribution in [0.1, 0.15) is 50.7 Å². The summed E-state index contributed by atoms with van der Waals surface area (Å²) in [4.78, 5) is 0. The van der Waals surface area contributed by atoms with Crippen LogP contribution in [0.3, 0.4) is 0 Å². The molecular weight excluding hydrogens is 222 g/mol. The summed E-state index contributed by atoms with van der Waals surface area (Å²) >= 11 is 0. The number of ether oxygens (including phenoxy) is 1. The van der Waals surface area contributed by atoms with E-state index in [-0.39, 0.29) is 6.04 Å². The van der Waals surface area contributed by atoms with E-state index in [2.05, 4.69) is 39.0 Å². The van der Waals surface area contributed by atoms with Crippen LogP contribution in [0.15, 0.2) is 18.2 Å². The van der Waals surface area contributed by atoms with Gasteiger partial charge in [0.05, 0.1) is 6.61 Å². The fraction of sp³-hybridized carbons (Fsp3) is 0.625. The van der Waals surface area contributed by atoms with Crippen molar-refractivity contribution in [3.63, 3.8) is 0 Å². The van der Waals surface area contributed by atoms with Crippen LogP contribution in [-0.2, 0) is 6.42 Å². The highest BCUT2D eigenvalue weighted by Crippen LogP contribution is 2.22. The zero-order valence-electron chi connectivity index (χ0n) is 12.0. The average Bonchev–Trinajstić information content (AvgIpc) is 2.36. The Morgan fingerprint density at radius 2 is 2.00 bits per heavy atom. The SMILES string of the molecule is CCCCCOc1ccc(C)cc1CC(N)CC. The van der Waals surface area contributed by atoms with E-state index in [9.17, 15) is 0 Å². The summed E-state index contributed by atoms with van der Waals surface area (Å²) < 4.78 is 5.88. The van der Waals surface area contributed by atoms with Gasteiger partial charge in [0.25, 0.3) is 0 Å². The van der Waals surface area contributed by atoms with Crippen molar-refractivity contribution in [3.05, 3.63) is 29.3 Å². The van der Waals surface area contributed by atoms with E-state index in [0.717, 1.165) is 31.6 Å². The molecule has 0 fully saturated rings. The van der Waals surface area contributed by atoms with Gasteiger partial charge in [-0.3, -0.25) is 0 Å². The Labute approximate surface area is 112 Å². The zero-order valence-corrected chi connectivity index (χ0v) is 12.0. The third-order valence-corrected chi connectivity index (χ3v) is 3.23. The van der Waals surface area contributed by atoms with E-state index >= 15 is 0 Å². The molecule has 0 saturated carbocycles. The molecule has 102 valence electrons. The Balaban J connectivity index is 2.64. The van der Waals surface area contributed by atoms with Gasteiger partial charge in [-0.2, -0.15) is 0 Å². The Morgan fingerprint density at radius 3 is 2.67 bits per heavy atom. The first kappa shape index (κ1) is 15.0. The maximum absolute atomic E-state index is 6.04. The van der Waals surface area contributed by atoms with Crippen molar-refractivity contribution in [2.45, 2.75) is 58.9 Å². The molecule has 0 radical (unpaired) electrons. The van der Waals surface area contributed by atoms with Gasteiger partial charge in [0.15, 0.2) is 0 Å². The van der Waals surface area contributed by atoms with Gasteiger partial charge in [0.2, 0.25) is 0 Å². The molecular formula is C16H27NO. The van der Waals surface area contributed by atoms with Crippen molar-refractivity contribution in [3.8, 4) is 5.75 Å². The number of hydrogen-bond donors (Lipinski definition) is 1. The highest BCUT2D eigenvalue weighted by molar-refractivity contribution is 5.37. The second-order valence-corrected chi connectivity index (χ2v) is 5.04. The minimum Gasteiger partial charge on any atom is -0.493 e. The Morgan fingerprint density at radius 1 is 1.22 bits per heavy atom. The van der Waals surface area contributed by atoms with Crippen LogP contribution < -0.4 is 10.5 Å². The lowest BCUT2D eigenvalue weighted by Crippen LogP contribution is -2.21. The quantitative estimate of drug-likeness (QED) is 0.710. The van der Waals surface area contributed by atoms with E-state index < -0.39 is 0 Å². The fourth-order valence-electron chi connectivity index (χ4n) is 1.97. The second kappa shape index (κ2) is 8.15. The molecule has 2 heteroatoms. The molecule has 0 amide bonds. The summed E-state index contributed by atoms with van der Waals surface area (Å²) in [6.07, 6.45) is 5.49. The predicted octanol–water partition coefficient (Wildman–Crippen LogP) is 3.84. The van der Waals surface area contributed by atoms with Crippen molar-refractivity contribution in [1.29, 1.82) is 0 Å². The van der Waals surface area contributed by atoms with Gasteiger partial charge < -0.3 is 10.5 Å². The lowest BCUT2D eigenvalue weighted by molar-refractivity contribution is 0.302. The van der Waals surface area contributed by atoms with Crippen LogP contribution in [0.2, 0.25) is 0 Å². The van der Waals surface area contributed by atoms with Crippen LogP contribution in [0.25, 0.3) is 0 Å². The largest absolute Gasteiger partial charge is 0.493 e. The van der Waals surface area contributed by atoms with Gasteiger partial charge in [-0.25, -0.2) is 0 Å². The normalized spacial score (nSPS) is 12.4. The van der Waals surface area contributed by atoms with Gasteiger partial charge in [0, 0.05) is 6.04 Å². The summed E-state index contributed by atoms with van der Waals surface area (Å²) in [5.41, 5.74) is 8.57. The van der Waals surface area contributed by atoms with E-state index in [1.807, 2.05) is 0 Å². The predicted molar refractivity (Wildman–Crippen MR) is 78.2 cm³/mol. The molecule has 1 rings (SSSR count). The van der Waals surface area contributed by atoms with E-state index in [4.69, 9.17) is 10.5 Å². The molecule has 0 aliphatic carbocycles. The molecule has 0 aliphatic rings. The highest BCUT2D eigenvalue weighted by Gasteiger charge is 2.08. The molecule has 1 atom stereocenters. The average molecular weight is 249 g/mol. The van der Waals surface area contributed by atoms with E-state index in [1.54, 1.807) is 0 Å². The van der Waals surface area contributed by atoms with E-state index in [1.165, 1.54) is 24.0 Å². The van der Waals surface area contributed by atoms with Crippen molar-refractivity contribution < 1.29 is 4.74 Å². The molecule has 0 saturated heterocycles. The first-order valence-corrected chi connectivity index (χ1v) is 7.15. The highest BCUT2D eigenvalue weighted by atomic mass is 16.5. The topological polar surface area (TPSA) is 35.2 Å². The van der Waals surface area contributed by atoms with Crippen molar-refractivity contribution in [2.75, 3.05) is 6.61 Å². The first-order chi connectivity index (χ1) is 8.67. The summed E-state index contributed by atoms with van der Waals surface area (Å²) in [6.45, 7) is 7.26. The molecule has 0 bridgehead atoms. The molecule has 0 heterocycles. The number of aryl methyl sites for hydroxylation is 1. The lowest BCUT2D eigenvalue weighted by Gasteiger charge is -2.15. The van der Waals surface area contributed by atoms with Crippen LogP contribution >= 0.6 is 0 Å². The fourth-order valence-corrected chi connectivity index (χ4v) is 1.97. The van der Waals surface area contributed by atoms with Gasteiger partial charge in [-0.15, -0.1) is 0 Å². The Kier molecular flexibility index (Phi) is 6.81. The molecule has 0 spiro atoms. The molecule has 0 aliphatic heterocycles. The number of benzene rings is 1. The van der Waals surface area contributed by atoms with Crippen LogP contribution in [0.5, 0.6) is 5.75 Å². The summed E-state index contributed by atoms with van der Waals surface area (Å²) in [5, 5.41) is 0. The number of nitrogens with two attached hydrogens (primary N) is 1. The Hall–Kier alpha value is -1.02. The van der Waals surface area contributed by atoms with Crippen molar-refractivity contribution in [2.24, 2.45) is 5.73 Å². The number of rotatable bonds is 8. The number of hydrogen-bond acceptors (Lipinski definition) is 2. The minimum absolute atomic E-state index is 0.227. The molecule has 1 unspecified atom stereocenters. The minimum atomic E-state index is 0.227. The lowest BCUT2D eigenvalue weighted by atomic mass is 10.0. The molecule has 1 aromatic carbocycles. The van der Waals surface area contributed by atoms with Gasteiger partial charge in [-0.1, -0.05) is 44.4 Å². The smallest absolute Gasteiger partial charge is 0.122 e. The maximum Gasteiger partial charge on any atom is 0.122 e. The molecule has 2 N–H and O–H groups in total. The van der Waals surface area contributed by atoms with Crippen LogP contribution in [0.4, 0.5) is 0 Å². The van der Waals surface area contributed by atoms with Crippen LogP contribution in [-0.4, -0.2) is 12.6 Å². The molecule has 0 aromatic heterocycles. The first-order valence-electron chi connectivity index (χ1n) is 7.15. The van der Waals surface area contributed by atoms with Gasteiger partial charge in [-0.05, 0) is 37.8 Å². The van der Waals surface area contributed by atoms with Crippen molar-refractivity contribution >= 4 is 0 Å². The monoisotopic (exact) mass is 249 g/mol. The third-order valence-electron chi connectivity index (χ3n) is 3.23. The van der Waals surface area contributed by atoms with Gasteiger partial charge in [0.1, 0.15) is 5.75 Å². The molecule has 1 aromatic rings. The van der Waals surface area contributed by atoms with Gasteiger partial charge >= 0.3 is 0 Å². The second-order valence-electron chi connectivity index (χ2n) is 5.04. The standard InChI is InChI=1S/C16H27NO/c1-4-6-7-10-18-16-9-8-13(3)11-14(16)12-15(17)5-2/h8-9,11,15H,4-7,10,12,17H2,1-3H3. The molecule has 2 nitrogen and oxygen atoms in total. The van der Waals surface area contributed by atoms with E-state index in [0.29, 0.717) is 0 Å². The zero-order chi connectivity index (χ0) is 13.4. The summed E-state index contributed by atoms with van der Waals surface area (Å²) in [6, 6.07) is 6.62. The third kappa shape index (κ3) is 5.09. The van der Waals surface area contributed by atoms with Crippen LogP contribution in [0, 0.1) is 6.92 Å². The molecule has 18 heavy (non-hydrogen) atoms. The summed E-state index contributed by atoms with van der Waals surface area (Å²) in [5.74, 6) is 1.01. The maximum atomic E-state index is 6.04. The van der Waals surface area contributed by atoms with Crippen molar-refractivity contribution in [1.82, 2.24) is 0 Å².